The molecule has 0 fully saturated rings. The lowest BCUT2D eigenvalue weighted by molar-refractivity contribution is 0.174. The van der Waals surface area contributed by atoms with E-state index in [1.807, 2.05) is 29.8 Å². The Morgan fingerprint density at radius 2 is 2.16 bits per heavy atom. The van der Waals surface area contributed by atoms with Gasteiger partial charge >= 0.3 is 0 Å². The third-order valence-electron chi connectivity index (χ3n) is 3.19. The maximum Gasteiger partial charge on any atom is 0.231 e. The van der Waals surface area contributed by atoms with Gasteiger partial charge in [-0.25, -0.2) is 4.68 Å². The largest absolute Gasteiger partial charge is 0.454 e. The molecule has 0 saturated carbocycles. The molecule has 5 heteroatoms. The molecular formula is C14H17N3O2. The molecule has 0 atom stereocenters. The second-order valence-corrected chi connectivity index (χ2v) is 4.50. The van der Waals surface area contributed by atoms with Gasteiger partial charge in [-0.15, -0.1) is 0 Å². The van der Waals surface area contributed by atoms with Gasteiger partial charge in [-0.1, -0.05) is 6.92 Å². The second-order valence-electron chi connectivity index (χ2n) is 4.50. The highest BCUT2D eigenvalue weighted by atomic mass is 16.7. The number of benzene rings is 1. The molecule has 0 spiro atoms. The van der Waals surface area contributed by atoms with Crippen molar-refractivity contribution >= 4 is 0 Å². The van der Waals surface area contributed by atoms with Crippen molar-refractivity contribution in [1.29, 1.82) is 0 Å². The van der Waals surface area contributed by atoms with Gasteiger partial charge in [0.25, 0.3) is 0 Å². The Kier molecular flexibility index (Phi) is 3.13. The van der Waals surface area contributed by atoms with E-state index in [4.69, 9.17) is 9.47 Å². The van der Waals surface area contributed by atoms with Gasteiger partial charge in [0.15, 0.2) is 11.5 Å². The minimum absolute atomic E-state index is 0.294. The van der Waals surface area contributed by atoms with Crippen LogP contribution in [0.25, 0.3) is 5.69 Å². The van der Waals surface area contributed by atoms with E-state index in [-0.39, 0.29) is 0 Å². The topological polar surface area (TPSA) is 48.3 Å². The average Bonchev–Trinajstić information content (AvgIpc) is 3.02. The van der Waals surface area contributed by atoms with Crippen LogP contribution < -0.4 is 14.8 Å². The van der Waals surface area contributed by atoms with Gasteiger partial charge in [0.2, 0.25) is 6.79 Å². The van der Waals surface area contributed by atoms with E-state index in [1.165, 1.54) is 5.56 Å². The molecule has 0 aliphatic carbocycles. The Bertz CT molecular complexity index is 592. The second kappa shape index (κ2) is 4.93. The zero-order chi connectivity index (χ0) is 13.2. The number of aryl methyl sites for hydroxylation is 1. The number of hydrogen-bond donors (Lipinski definition) is 1. The predicted octanol–water partition coefficient (Wildman–Crippen LogP) is 2.02. The fraction of sp³-hybridized carbons (Fsp3) is 0.357. The van der Waals surface area contributed by atoms with Crippen LogP contribution in [0.15, 0.2) is 24.4 Å². The van der Waals surface area contributed by atoms with Gasteiger partial charge in [0, 0.05) is 24.4 Å². The van der Waals surface area contributed by atoms with Crippen LogP contribution in [0.2, 0.25) is 0 Å². The van der Waals surface area contributed by atoms with Crippen LogP contribution in [0.1, 0.15) is 18.2 Å². The number of rotatable bonds is 4. The molecule has 1 aliphatic rings. The van der Waals surface area contributed by atoms with E-state index in [9.17, 15) is 0 Å². The standard InChI is InChI=1S/C14H17N3O2/c1-3-15-7-11-8-17(16-10(11)2)12-4-5-13-14(6-12)19-9-18-13/h4-6,8,15H,3,7,9H2,1-2H3. The lowest BCUT2D eigenvalue weighted by Crippen LogP contribution is -2.11. The van der Waals surface area contributed by atoms with Gasteiger partial charge in [-0.2, -0.15) is 5.10 Å². The summed E-state index contributed by atoms with van der Waals surface area (Å²) in [4.78, 5) is 0. The van der Waals surface area contributed by atoms with Crippen molar-refractivity contribution in [3.05, 3.63) is 35.7 Å². The van der Waals surface area contributed by atoms with Gasteiger partial charge in [0.1, 0.15) is 0 Å². The Morgan fingerprint density at radius 3 is 3.00 bits per heavy atom. The summed E-state index contributed by atoms with van der Waals surface area (Å²) in [6.07, 6.45) is 2.05. The van der Waals surface area contributed by atoms with E-state index < -0.39 is 0 Å². The summed E-state index contributed by atoms with van der Waals surface area (Å²) in [5.41, 5.74) is 3.23. The van der Waals surface area contributed by atoms with E-state index in [0.717, 1.165) is 36.0 Å². The van der Waals surface area contributed by atoms with Crippen LogP contribution in [0.4, 0.5) is 0 Å². The lowest BCUT2D eigenvalue weighted by atomic mass is 10.2. The fourth-order valence-electron chi connectivity index (χ4n) is 2.09. The minimum atomic E-state index is 0.294. The molecule has 1 aromatic heterocycles. The molecular weight excluding hydrogens is 242 g/mol. The lowest BCUT2D eigenvalue weighted by Gasteiger charge is -2.02. The number of nitrogens with one attached hydrogen (secondary N) is 1. The van der Waals surface area contributed by atoms with Crippen molar-refractivity contribution in [2.75, 3.05) is 13.3 Å². The third kappa shape index (κ3) is 2.29. The number of aromatic nitrogens is 2. The van der Waals surface area contributed by atoms with Crippen molar-refractivity contribution in [2.24, 2.45) is 0 Å². The average molecular weight is 259 g/mol. The fourth-order valence-corrected chi connectivity index (χ4v) is 2.09. The quantitative estimate of drug-likeness (QED) is 0.912. The maximum atomic E-state index is 5.39. The summed E-state index contributed by atoms with van der Waals surface area (Å²) < 4.78 is 12.6. The number of hydrogen-bond acceptors (Lipinski definition) is 4. The third-order valence-corrected chi connectivity index (χ3v) is 3.19. The Balaban J connectivity index is 1.89. The summed E-state index contributed by atoms with van der Waals surface area (Å²) in [5, 5.41) is 7.85. The van der Waals surface area contributed by atoms with Crippen LogP contribution >= 0.6 is 0 Å². The first-order chi connectivity index (χ1) is 9.28. The van der Waals surface area contributed by atoms with Crippen molar-refractivity contribution < 1.29 is 9.47 Å². The summed E-state index contributed by atoms with van der Waals surface area (Å²) in [6, 6.07) is 5.85. The number of ether oxygens (including phenoxy) is 2. The molecule has 3 rings (SSSR count). The highest BCUT2D eigenvalue weighted by Gasteiger charge is 2.14. The molecule has 2 aromatic rings. The molecule has 0 radical (unpaired) electrons. The smallest absolute Gasteiger partial charge is 0.231 e. The predicted molar refractivity (Wildman–Crippen MR) is 71.8 cm³/mol. The molecule has 5 nitrogen and oxygen atoms in total. The first-order valence-corrected chi connectivity index (χ1v) is 6.44. The number of fused-ring (bicyclic) bond motifs is 1. The Hall–Kier alpha value is -2.01. The zero-order valence-electron chi connectivity index (χ0n) is 11.1. The van der Waals surface area contributed by atoms with Crippen molar-refractivity contribution in [3.8, 4) is 17.2 Å². The zero-order valence-corrected chi connectivity index (χ0v) is 11.1. The van der Waals surface area contributed by atoms with Crippen LogP contribution in [0.5, 0.6) is 11.5 Å². The van der Waals surface area contributed by atoms with Gasteiger partial charge in [-0.05, 0) is 25.6 Å². The molecule has 19 heavy (non-hydrogen) atoms. The highest BCUT2D eigenvalue weighted by molar-refractivity contribution is 5.50. The summed E-state index contributed by atoms with van der Waals surface area (Å²) in [5.74, 6) is 1.57. The molecule has 0 amide bonds. The maximum absolute atomic E-state index is 5.39. The summed E-state index contributed by atoms with van der Waals surface area (Å²) >= 11 is 0. The number of nitrogens with zero attached hydrogens (tertiary/aromatic N) is 2. The van der Waals surface area contributed by atoms with E-state index in [2.05, 4.69) is 23.5 Å². The summed E-state index contributed by atoms with van der Waals surface area (Å²) in [7, 11) is 0. The summed E-state index contributed by atoms with van der Waals surface area (Å²) in [6.45, 7) is 6.21. The van der Waals surface area contributed by atoms with Crippen LogP contribution in [0, 0.1) is 6.92 Å². The molecule has 1 aliphatic heterocycles. The van der Waals surface area contributed by atoms with Crippen LogP contribution in [-0.4, -0.2) is 23.1 Å². The minimum Gasteiger partial charge on any atom is -0.454 e. The molecule has 0 saturated heterocycles. The van der Waals surface area contributed by atoms with Crippen molar-refractivity contribution in [3.63, 3.8) is 0 Å². The van der Waals surface area contributed by atoms with E-state index in [1.54, 1.807) is 0 Å². The van der Waals surface area contributed by atoms with Crippen LogP contribution in [-0.2, 0) is 6.54 Å². The van der Waals surface area contributed by atoms with E-state index in [0.29, 0.717) is 6.79 Å². The monoisotopic (exact) mass is 259 g/mol. The SMILES string of the molecule is CCNCc1cn(-c2ccc3c(c2)OCO3)nc1C. The van der Waals surface area contributed by atoms with Crippen LogP contribution in [0.3, 0.4) is 0 Å². The van der Waals surface area contributed by atoms with E-state index >= 15 is 0 Å². The van der Waals surface area contributed by atoms with Crippen molar-refractivity contribution in [1.82, 2.24) is 15.1 Å². The van der Waals surface area contributed by atoms with Crippen molar-refractivity contribution in [2.45, 2.75) is 20.4 Å². The molecule has 1 N–H and O–H groups in total. The van der Waals surface area contributed by atoms with Gasteiger partial charge in [-0.3, -0.25) is 0 Å². The molecule has 0 bridgehead atoms. The van der Waals surface area contributed by atoms with Gasteiger partial charge in [0.05, 0.1) is 11.4 Å². The molecule has 0 unspecified atom stereocenters. The Morgan fingerprint density at radius 1 is 1.32 bits per heavy atom. The normalized spacial score (nSPS) is 12.9. The first kappa shape index (κ1) is 12.0. The highest BCUT2D eigenvalue weighted by Crippen LogP contribution is 2.33. The first-order valence-electron chi connectivity index (χ1n) is 6.44. The molecule has 2 heterocycles. The van der Waals surface area contributed by atoms with Gasteiger partial charge < -0.3 is 14.8 Å². The molecule has 1 aromatic carbocycles. The molecule has 100 valence electrons. The Labute approximate surface area is 112 Å².